The van der Waals surface area contributed by atoms with Crippen molar-refractivity contribution in [2.75, 3.05) is 13.7 Å². The van der Waals surface area contributed by atoms with Crippen LogP contribution in [0.25, 0.3) is 0 Å². The zero-order chi connectivity index (χ0) is 14.4. The van der Waals surface area contributed by atoms with E-state index in [1.807, 2.05) is 18.2 Å². The monoisotopic (exact) mass is 329 g/mol. The molecule has 0 aliphatic heterocycles. The van der Waals surface area contributed by atoms with Crippen LogP contribution in [0.15, 0.2) is 28.7 Å². The Morgan fingerprint density at radius 2 is 2.05 bits per heavy atom. The summed E-state index contributed by atoms with van der Waals surface area (Å²) in [6, 6.07) is 6.50. The number of likely N-dealkylation sites (N-methyl/N-ethyl adjacent to an activating group) is 1. The lowest BCUT2D eigenvalue weighted by Gasteiger charge is -2.21. The average Bonchev–Trinajstić information content (AvgIpc) is 2.38. The highest BCUT2D eigenvalue weighted by atomic mass is 79.9. The van der Waals surface area contributed by atoms with Gasteiger partial charge in [-0.25, -0.2) is 4.79 Å². The first-order chi connectivity index (χ1) is 8.93. The molecule has 6 heteroatoms. The van der Waals surface area contributed by atoms with Gasteiger partial charge < -0.3 is 14.7 Å². The highest BCUT2D eigenvalue weighted by Gasteiger charge is 2.21. The van der Waals surface area contributed by atoms with Crippen LogP contribution in [0.5, 0.6) is 5.75 Å². The van der Waals surface area contributed by atoms with Gasteiger partial charge in [-0.2, -0.15) is 0 Å². The summed E-state index contributed by atoms with van der Waals surface area (Å²) in [5.41, 5.74) is 0. The van der Waals surface area contributed by atoms with Crippen molar-refractivity contribution in [2.45, 2.75) is 19.4 Å². The highest BCUT2D eigenvalue weighted by Crippen LogP contribution is 2.23. The molecule has 1 unspecified atom stereocenters. The lowest BCUT2D eigenvalue weighted by Crippen LogP contribution is -2.40. The fourth-order valence-electron chi connectivity index (χ4n) is 1.37. The molecular formula is C13H16BrNO4. The molecule has 0 bridgehead atoms. The first kappa shape index (κ1) is 15.5. The number of carboxylic acid groups (broad SMARTS) is 1. The second-order valence-corrected chi connectivity index (χ2v) is 4.90. The fourth-order valence-corrected chi connectivity index (χ4v) is 1.77. The summed E-state index contributed by atoms with van der Waals surface area (Å²) < 4.78 is 6.27. The van der Waals surface area contributed by atoms with Crippen LogP contribution < -0.4 is 4.74 Å². The number of rotatable bonds is 6. The van der Waals surface area contributed by atoms with E-state index >= 15 is 0 Å². The van der Waals surface area contributed by atoms with Crippen molar-refractivity contribution in [3.05, 3.63) is 28.7 Å². The van der Waals surface area contributed by atoms with Gasteiger partial charge in [0.25, 0.3) is 0 Å². The lowest BCUT2D eigenvalue weighted by molar-refractivity contribution is -0.148. The summed E-state index contributed by atoms with van der Waals surface area (Å²) in [6.45, 7) is 1.67. The summed E-state index contributed by atoms with van der Waals surface area (Å²) >= 11 is 3.34. The van der Waals surface area contributed by atoms with Gasteiger partial charge in [-0.15, -0.1) is 0 Å². The standard InChI is InChI=1S/C13H16BrNO4/c1-9(13(17)18)15(2)12(16)7-8-19-11-6-4-3-5-10(11)14/h3-6,9H,7-8H2,1-2H3,(H,17,18). The molecule has 0 aromatic heterocycles. The van der Waals surface area contributed by atoms with Crippen LogP contribution in [0.1, 0.15) is 13.3 Å². The van der Waals surface area contributed by atoms with Crippen LogP contribution in [0.4, 0.5) is 0 Å². The number of hydrogen-bond donors (Lipinski definition) is 1. The number of para-hydroxylation sites is 1. The van der Waals surface area contributed by atoms with Gasteiger partial charge in [0.05, 0.1) is 17.5 Å². The smallest absolute Gasteiger partial charge is 0.326 e. The molecule has 0 saturated carbocycles. The Balaban J connectivity index is 2.43. The van der Waals surface area contributed by atoms with Crippen LogP contribution in [0.3, 0.4) is 0 Å². The highest BCUT2D eigenvalue weighted by molar-refractivity contribution is 9.10. The Bertz CT molecular complexity index is 464. The second kappa shape index (κ2) is 7.13. The molecule has 0 radical (unpaired) electrons. The predicted molar refractivity (Wildman–Crippen MR) is 74.1 cm³/mol. The third kappa shape index (κ3) is 4.55. The van der Waals surface area contributed by atoms with Crippen molar-refractivity contribution in [3.63, 3.8) is 0 Å². The van der Waals surface area contributed by atoms with E-state index in [9.17, 15) is 9.59 Å². The van der Waals surface area contributed by atoms with Crippen LogP contribution in [0.2, 0.25) is 0 Å². The van der Waals surface area contributed by atoms with Gasteiger partial charge in [0.2, 0.25) is 5.91 Å². The summed E-state index contributed by atoms with van der Waals surface area (Å²) in [4.78, 5) is 23.7. The Morgan fingerprint density at radius 3 is 2.63 bits per heavy atom. The van der Waals surface area contributed by atoms with Crippen LogP contribution >= 0.6 is 15.9 Å². The fraction of sp³-hybridized carbons (Fsp3) is 0.385. The van der Waals surface area contributed by atoms with Crippen molar-refractivity contribution in [3.8, 4) is 5.75 Å². The molecule has 1 amide bonds. The molecule has 5 nitrogen and oxygen atoms in total. The summed E-state index contributed by atoms with van der Waals surface area (Å²) in [5, 5.41) is 8.81. The molecule has 0 aliphatic carbocycles. The minimum absolute atomic E-state index is 0.134. The third-order valence-electron chi connectivity index (χ3n) is 2.74. The van der Waals surface area contributed by atoms with Gasteiger partial charge in [-0.05, 0) is 35.0 Å². The number of aliphatic carboxylic acids is 1. The molecular weight excluding hydrogens is 314 g/mol. The lowest BCUT2D eigenvalue weighted by atomic mass is 10.2. The number of carbonyl (C=O) groups excluding carboxylic acids is 1. The van der Waals surface area contributed by atoms with E-state index in [-0.39, 0.29) is 18.9 Å². The zero-order valence-corrected chi connectivity index (χ0v) is 12.4. The molecule has 1 atom stereocenters. The van der Waals surface area contributed by atoms with Crippen molar-refractivity contribution < 1.29 is 19.4 Å². The SMILES string of the molecule is CC(C(=O)O)N(C)C(=O)CCOc1ccccc1Br. The molecule has 1 rings (SSSR count). The maximum atomic E-state index is 11.7. The normalized spacial score (nSPS) is 11.7. The molecule has 1 N–H and O–H groups in total. The van der Waals surface area contributed by atoms with Gasteiger partial charge in [0.1, 0.15) is 11.8 Å². The van der Waals surface area contributed by atoms with E-state index in [0.29, 0.717) is 5.75 Å². The summed E-state index contributed by atoms with van der Waals surface area (Å²) in [7, 11) is 1.47. The van der Waals surface area contributed by atoms with Gasteiger partial charge in [0.15, 0.2) is 0 Å². The quantitative estimate of drug-likeness (QED) is 0.868. The number of halogens is 1. The van der Waals surface area contributed by atoms with Crippen molar-refractivity contribution in [2.24, 2.45) is 0 Å². The first-order valence-corrected chi connectivity index (χ1v) is 6.58. The van der Waals surface area contributed by atoms with Crippen molar-refractivity contribution >= 4 is 27.8 Å². The van der Waals surface area contributed by atoms with E-state index in [0.717, 1.165) is 4.47 Å². The Hall–Kier alpha value is -1.56. The van der Waals surface area contributed by atoms with Crippen molar-refractivity contribution in [1.29, 1.82) is 0 Å². The van der Waals surface area contributed by atoms with Gasteiger partial charge in [0, 0.05) is 7.05 Å². The Labute approximate surface area is 120 Å². The van der Waals surface area contributed by atoms with E-state index in [1.54, 1.807) is 6.07 Å². The molecule has 0 heterocycles. The molecule has 19 heavy (non-hydrogen) atoms. The van der Waals surface area contributed by atoms with Gasteiger partial charge in [-0.3, -0.25) is 4.79 Å². The molecule has 0 saturated heterocycles. The van der Waals surface area contributed by atoms with Gasteiger partial charge in [-0.1, -0.05) is 12.1 Å². The summed E-state index contributed by atoms with van der Waals surface area (Å²) in [5.74, 6) is -0.631. The van der Waals surface area contributed by atoms with E-state index in [1.165, 1.54) is 18.9 Å². The number of hydrogen-bond acceptors (Lipinski definition) is 3. The minimum atomic E-state index is -1.03. The maximum Gasteiger partial charge on any atom is 0.326 e. The molecule has 0 aliphatic rings. The number of nitrogens with zero attached hydrogens (tertiary/aromatic N) is 1. The van der Waals surface area contributed by atoms with Crippen LogP contribution in [-0.2, 0) is 9.59 Å². The van der Waals surface area contributed by atoms with Crippen molar-refractivity contribution in [1.82, 2.24) is 4.90 Å². The Kier molecular flexibility index (Phi) is 5.82. The van der Waals surface area contributed by atoms with E-state index < -0.39 is 12.0 Å². The molecule has 1 aromatic rings. The molecule has 1 aromatic carbocycles. The number of carboxylic acids is 1. The molecule has 0 spiro atoms. The second-order valence-electron chi connectivity index (χ2n) is 4.05. The first-order valence-electron chi connectivity index (χ1n) is 5.79. The van der Waals surface area contributed by atoms with Gasteiger partial charge >= 0.3 is 5.97 Å². The zero-order valence-electron chi connectivity index (χ0n) is 10.8. The van der Waals surface area contributed by atoms with Crippen LogP contribution in [0, 0.1) is 0 Å². The van der Waals surface area contributed by atoms with Crippen LogP contribution in [-0.4, -0.2) is 41.6 Å². The maximum absolute atomic E-state index is 11.7. The number of benzene rings is 1. The molecule has 0 fully saturated rings. The summed E-state index contributed by atoms with van der Waals surface area (Å²) in [6.07, 6.45) is 0.134. The third-order valence-corrected chi connectivity index (χ3v) is 3.40. The number of ether oxygens (including phenoxy) is 1. The largest absolute Gasteiger partial charge is 0.492 e. The number of carbonyl (C=O) groups is 2. The topological polar surface area (TPSA) is 66.8 Å². The Morgan fingerprint density at radius 1 is 1.42 bits per heavy atom. The molecule has 104 valence electrons. The number of amides is 1. The van der Waals surface area contributed by atoms with E-state index in [4.69, 9.17) is 9.84 Å². The minimum Gasteiger partial charge on any atom is -0.492 e. The predicted octanol–water partition coefficient (Wildman–Crippen LogP) is 2.15. The average molecular weight is 330 g/mol. The van der Waals surface area contributed by atoms with E-state index in [2.05, 4.69) is 15.9 Å².